The van der Waals surface area contributed by atoms with E-state index in [4.69, 9.17) is 4.74 Å². The predicted molar refractivity (Wildman–Crippen MR) is 77.1 cm³/mol. The van der Waals surface area contributed by atoms with Gasteiger partial charge in [0.05, 0.1) is 12.7 Å². The minimum atomic E-state index is 0.603. The van der Waals surface area contributed by atoms with E-state index in [1.165, 1.54) is 16.7 Å². The molecule has 0 spiro atoms. The molecule has 2 aromatic rings. The zero-order valence-corrected chi connectivity index (χ0v) is 11.6. The minimum absolute atomic E-state index is 0.603. The van der Waals surface area contributed by atoms with Crippen LogP contribution in [0.5, 0.6) is 5.75 Å². The maximum absolute atomic E-state index is 11.0. The topological polar surface area (TPSA) is 26.3 Å². The molecule has 0 aromatic heterocycles. The SMILES string of the molecule is COc1c(C=O)cccc1Cc1c(C)cccc1C. The quantitative estimate of drug-likeness (QED) is 0.777. The van der Waals surface area contributed by atoms with E-state index in [-0.39, 0.29) is 0 Å². The summed E-state index contributed by atoms with van der Waals surface area (Å²) < 4.78 is 5.39. The Morgan fingerprint density at radius 2 is 1.68 bits per heavy atom. The molecule has 2 aromatic carbocycles. The molecule has 0 amide bonds. The molecule has 0 saturated heterocycles. The number of carbonyl (C=O) groups excluding carboxylic acids is 1. The van der Waals surface area contributed by atoms with E-state index >= 15 is 0 Å². The van der Waals surface area contributed by atoms with Crippen LogP contribution in [-0.4, -0.2) is 13.4 Å². The molecule has 2 rings (SSSR count). The number of para-hydroxylation sites is 1. The van der Waals surface area contributed by atoms with Crippen LogP contribution in [0.2, 0.25) is 0 Å². The highest BCUT2D eigenvalue weighted by Gasteiger charge is 2.11. The number of hydrogen-bond donors (Lipinski definition) is 0. The van der Waals surface area contributed by atoms with Gasteiger partial charge in [-0.25, -0.2) is 0 Å². The van der Waals surface area contributed by atoms with Crippen LogP contribution < -0.4 is 4.74 Å². The van der Waals surface area contributed by atoms with Gasteiger partial charge in [0.1, 0.15) is 5.75 Å². The summed E-state index contributed by atoms with van der Waals surface area (Å²) in [4.78, 5) is 11.0. The fraction of sp³-hybridized carbons (Fsp3) is 0.235. The normalized spacial score (nSPS) is 10.3. The summed E-state index contributed by atoms with van der Waals surface area (Å²) in [5.74, 6) is 0.681. The number of benzene rings is 2. The number of carbonyl (C=O) groups is 1. The van der Waals surface area contributed by atoms with E-state index in [0.717, 1.165) is 18.3 Å². The van der Waals surface area contributed by atoms with Crippen LogP contribution in [-0.2, 0) is 6.42 Å². The standard InChI is InChI=1S/C17H18O2/c1-12-6-4-7-13(2)16(12)10-14-8-5-9-15(11-18)17(14)19-3/h4-9,11H,10H2,1-3H3. The van der Waals surface area contributed by atoms with Gasteiger partial charge >= 0.3 is 0 Å². The van der Waals surface area contributed by atoms with Gasteiger partial charge in [0.25, 0.3) is 0 Å². The minimum Gasteiger partial charge on any atom is -0.496 e. The van der Waals surface area contributed by atoms with Crippen molar-refractivity contribution in [3.05, 3.63) is 64.2 Å². The second-order valence-electron chi connectivity index (χ2n) is 4.70. The molecule has 19 heavy (non-hydrogen) atoms. The summed E-state index contributed by atoms with van der Waals surface area (Å²) in [5, 5.41) is 0. The molecule has 0 unspecified atom stereocenters. The predicted octanol–water partition coefficient (Wildman–Crippen LogP) is 3.72. The van der Waals surface area contributed by atoms with Crippen LogP contribution in [0, 0.1) is 13.8 Å². The zero-order valence-electron chi connectivity index (χ0n) is 11.6. The Hall–Kier alpha value is -2.09. The van der Waals surface area contributed by atoms with Crippen LogP contribution >= 0.6 is 0 Å². The molecule has 0 bridgehead atoms. The zero-order chi connectivity index (χ0) is 13.8. The lowest BCUT2D eigenvalue weighted by Crippen LogP contribution is -2.00. The summed E-state index contributed by atoms with van der Waals surface area (Å²) in [6.45, 7) is 4.22. The molecule has 0 atom stereocenters. The van der Waals surface area contributed by atoms with Gasteiger partial charge in [-0.15, -0.1) is 0 Å². The van der Waals surface area contributed by atoms with Crippen molar-refractivity contribution in [1.82, 2.24) is 0 Å². The van der Waals surface area contributed by atoms with Crippen LogP contribution in [0.3, 0.4) is 0 Å². The third-order valence-corrected chi connectivity index (χ3v) is 3.47. The number of ether oxygens (including phenoxy) is 1. The fourth-order valence-corrected chi connectivity index (χ4v) is 2.40. The van der Waals surface area contributed by atoms with E-state index in [9.17, 15) is 4.79 Å². The van der Waals surface area contributed by atoms with Crippen LogP contribution in [0.25, 0.3) is 0 Å². The smallest absolute Gasteiger partial charge is 0.153 e. The molecule has 0 aliphatic carbocycles. The third kappa shape index (κ3) is 2.68. The first-order chi connectivity index (χ1) is 9.17. The van der Waals surface area contributed by atoms with Crippen LogP contribution in [0.1, 0.15) is 32.6 Å². The molecule has 98 valence electrons. The first-order valence-corrected chi connectivity index (χ1v) is 6.33. The fourth-order valence-electron chi connectivity index (χ4n) is 2.40. The first kappa shape index (κ1) is 13.3. The largest absolute Gasteiger partial charge is 0.496 e. The van der Waals surface area contributed by atoms with Crippen molar-refractivity contribution in [2.24, 2.45) is 0 Å². The Kier molecular flexibility index (Phi) is 4.00. The van der Waals surface area contributed by atoms with Crippen molar-refractivity contribution < 1.29 is 9.53 Å². The second kappa shape index (κ2) is 5.70. The molecule has 0 radical (unpaired) electrons. The molecular weight excluding hydrogens is 236 g/mol. The van der Waals surface area contributed by atoms with Gasteiger partial charge in [0.15, 0.2) is 6.29 Å². The van der Waals surface area contributed by atoms with Crippen molar-refractivity contribution >= 4 is 6.29 Å². The van der Waals surface area contributed by atoms with Gasteiger partial charge < -0.3 is 4.74 Å². The molecule has 0 heterocycles. The lowest BCUT2D eigenvalue weighted by Gasteiger charge is -2.14. The van der Waals surface area contributed by atoms with Crippen molar-refractivity contribution in [2.45, 2.75) is 20.3 Å². The lowest BCUT2D eigenvalue weighted by atomic mass is 9.95. The lowest BCUT2D eigenvalue weighted by molar-refractivity contribution is 0.112. The Labute approximate surface area is 114 Å². The number of aryl methyl sites for hydroxylation is 2. The molecular formula is C17H18O2. The van der Waals surface area contributed by atoms with Crippen molar-refractivity contribution in [2.75, 3.05) is 7.11 Å². The van der Waals surface area contributed by atoms with Gasteiger partial charge in [0, 0.05) is 6.42 Å². The van der Waals surface area contributed by atoms with Gasteiger partial charge in [-0.3, -0.25) is 4.79 Å². The summed E-state index contributed by atoms with van der Waals surface area (Å²) in [5.41, 5.74) is 5.47. The summed E-state index contributed by atoms with van der Waals surface area (Å²) in [6.07, 6.45) is 1.62. The highest BCUT2D eigenvalue weighted by Crippen LogP contribution is 2.27. The van der Waals surface area contributed by atoms with Crippen LogP contribution in [0.4, 0.5) is 0 Å². The summed E-state index contributed by atoms with van der Waals surface area (Å²) in [6, 6.07) is 12.0. The Morgan fingerprint density at radius 1 is 1.05 bits per heavy atom. The molecule has 0 saturated carbocycles. The average Bonchev–Trinajstić information content (AvgIpc) is 2.42. The van der Waals surface area contributed by atoms with Crippen LogP contribution in [0.15, 0.2) is 36.4 Å². The molecule has 2 nitrogen and oxygen atoms in total. The van der Waals surface area contributed by atoms with Crippen molar-refractivity contribution in [3.63, 3.8) is 0 Å². The summed E-state index contributed by atoms with van der Waals surface area (Å²) in [7, 11) is 1.61. The molecule has 0 fully saturated rings. The number of hydrogen-bond acceptors (Lipinski definition) is 2. The van der Waals surface area contributed by atoms with Gasteiger partial charge in [-0.1, -0.05) is 30.3 Å². The van der Waals surface area contributed by atoms with E-state index < -0.39 is 0 Å². The van der Waals surface area contributed by atoms with Gasteiger partial charge in [-0.05, 0) is 42.2 Å². The molecule has 0 N–H and O–H groups in total. The maximum Gasteiger partial charge on any atom is 0.153 e. The maximum atomic E-state index is 11.0. The van der Waals surface area contributed by atoms with Crippen molar-refractivity contribution in [3.8, 4) is 5.75 Å². The van der Waals surface area contributed by atoms with E-state index in [0.29, 0.717) is 11.3 Å². The highest BCUT2D eigenvalue weighted by molar-refractivity contribution is 5.80. The third-order valence-electron chi connectivity index (χ3n) is 3.47. The van der Waals surface area contributed by atoms with E-state index in [1.807, 2.05) is 12.1 Å². The number of methoxy groups -OCH3 is 1. The Morgan fingerprint density at radius 3 is 2.26 bits per heavy atom. The second-order valence-corrected chi connectivity index (χ2v) is 4.70. The Bertz CT molecular complexity index is 580. The summed E-state index contributed by atoms with van der Waals surface area (Å²) >= 11 is 0. The number of aldehydes is 1. The number of rotatable bonds is 4. The van der Waals surface area contributed by atoms with E-state index in [1.54, 1.807) is 13.2 Å². The van der Waals surface area contributed by atoms with Gasteiger partial charge in [0.2, 0.25) is 0 Å². The molecule has 0 aliphatic rings. The molecule has 0 aliphatic heterocycles. The van der Waals surface area contributed by atoms with E-state index in [2.05, 4.69) is 32.0 Å². The first-order valence-electron chi connectivity index (χ1n) is 6.33. The highest BCUT2D eigenvalue weighted by atomic mass is 16.5. The average molecular weight is 254 g/mol. The molecule has 2 heteroatoms. The van der Waals surface area contributed by atoms with Gasteiger partial charge in [-0.2, -0.15) is 0 Å². The Balaban J connectivity index is 2.46. The monoisotopic (exact) mass is 254 g/mol. The van der Waals surface area contributed by atoms with Crippen molar-refractivity contribution in [1.29, 1.82) is 0 Å².